The molecule has 11 heteroatoms. The van der Waals surface area contributed by atoms with Gasteiger partial charge >= 0.3 is 0 Å². The van der Waals surface area contributed by atoms with Crippen LogP contribution in [-0.4, -0.2) is 69.3 Å². The van der Waals surface area contributed by atoms with Gasteiger partial charge in [0.2, 0.25) is 10.0 Å². The molecule has 2 atom stereocenters. The topological polar surface area (TPSA) is 114 Å². The number of non-ortho nitro benzene ring substituents is 1. The minimum Gasteiger partial charge on any atom is -0.297 e. The van der Waals surface area contributed by atoms with E-state index in [1.807, 2.05) is 24.3 Å². The van der Waals surface area contributed by atoms with E-state index in [1.165, 1.54) is 24.3 Å². The number of hydrogen-bond acceptors (Lipinski definition) is 7. The van der Waals surface area contributed by atoms with Gasteiger partial charge in [0.25, 0.3) is 5.69 Å². The van der Waals surface area contributed by atoms with Gasteiger partial charge in [-0.2, -0.15) is 4.31 Å². The Hall–Kier alpha value is -2.89. The average Bonchev–Trinajstić information content (AvgIpc) is 3.40. The number of nitrogens with zero attached hydrogens (tertiary/aromatic N) is 6. The molecule has 0 aliphatic carbocycles. The second-order valence-electron chi connectivity index (χ2n) is 8.03. The highest BCUT2D eigenvalue weighted by Gasteiger charge is 2.42. The molecule has 1 aromatic heterocycles. The van der Waals surface area contributed by atoms with Crippen LogP contribution in [0, 0.1) is 10.1 Å². The van der Waals surface area contributed by atoms with E-state index in [1.54, 1.807) is 8.99 Å². The van der Waals surface area contributed by atoms with E-state index in [0.717, 1.165) is 30.4 Å². The van der Waals surface area contributed by atoms with Gasteiger partial charge in [-0.25, -0.2) is 13.1 Å². The molecule has 3 aromatic rings. The number of fused-ring (bicyclic) bond motifs is 2. The normalized spacial score (nSPS) is 22.6. The summed E-state index contributed by atoms with van der Waals surface area (Å²) in [7, 11) is -3.83. The van der Waals surface area contributed by atoms with Crippen LogP contribution >= 0.6 is 0 Å². The summed E-state index contributed by atoms with van der Waals surface area (Å²) in [6.07, 6.45) is 2.01. The van der Waals surface area contributed by atoms with Gasteiger partial charge in [0.1, 0.15) is 5.52 Å². The quantitative estimate of drug-likeness (QED) is 0.438. The molecule has 2 aliphatic rings. The van der Waals surface area contributed by atoms with Crippen molar-refractivity contribution in [2.45, 2.75) is 36.4 Å². The second kappa shape index (κ2) is 7.66. The molecule has 2 fully saturated rings. The number of nitro groups is 1. The van der Waals surface area contributed by atoms with Crippen molar-refractivity contribution in [3.63, 3.8) is 0 Å². The molecule has 3 heterocycles. The highest BCUT2D eigenvalue weighted by atomic mass is 32.2. The maximum absolute atomic E-state index is 13.6. The summed E-state index contributed by atoms with van der Waals surface area (Å²) in [5, 5.41) is 19.4. The van der Waals surface area contributed by atoms with Crippen molar-refractivity contribution in [2.24, 2.45) is 0 Å². The maximum Gasteiger partial charge on any atom is 0.269 e. The van der Waals surface area contributed by atoms with E-state index in [0.29, 0.717) is 19.6 Å². The molecule has 0 saturated carbocycles. The fourth-order valence-electron chi connectivity index (χ4n) is 4.63. The van der Waals surface area contributed by atoms with E-state index in [-0.39, 0.29) is 22.7 Å². The first kappa shape index (κ1) is 20.0. The van der Waals surface area contributed by atoms with Crippen LogP contribution in [0.2, 0.25) is 0 Å². The summed E-state index contributed by atoms with van der Waals surface area (Å²) >= 11 is 0. The van der Waals surface area contributed by atoms with Crippen molar-refractivity contribution in [3.05, 3.63) is 58.6 Å². The minimum absolute atomic E-state index is 0.0676. The van der Waals surface area contributed by atoms with E-state index in [9.17, 15) is 18.5 Å². The molecule has 2 unspecified atom stereocenters. The Morgan fingerprint density at radius 1 is 1.10 bits per heavy atom. The van der Waals surface area contributed by atoms with Crippen LogP contribution in [0.4, 0.5) is 5.69 Å². The lowest BCUT2D eigenvalue weighted by molar-refractivity contribution is -0.384. The van der Waals surface area contributed by atoms with Crippen LogP contribution in [-0.2, 0) is 16.6 Å². The number of nitro benzene ring substituents is 1. The van der Waals surface area contributed by atoms with Crippen molar-refractivity contribution < 1.29 is 13.3 Å². The Labute approximate surface area is 179 Å². The predicted molar refractivity (Wildman–Crippen MR) is 113 cm³/mol. The largest absolute Gasteiger partial charge is 0.297 e. The Morgan fingerprint density at radius 2 is 1.87 bits per heavy atom. The van der Waals surface area contributed by atoms with Gasteiger partial charge in [-0.1, -0.05) is 17.3 Å². The molecule has 0 bridgehead atoms. The molecular formula is C20H22N6O4S. The van der Waals surface area contributed by atoms with Gasteiger partial charge in [-0.05, 0) is 43.7 Å². The Kier molecular flexibility index (Phi) is 4.95. The van der Waals surface area contributed by atoms with Crippen LogP contribution in [0.5, 0.6) is 0 Å². The smallest absolute Gasteiger partial charge is 0.269 e. The predicted octanol–water partition coefficient (Wildman–Crippen LogP) is 1.88. The first-order valence-corrected chi connectivity index (χ1v) is 11.7. The Bertz CT molecular complexity index is 1230. The Balaban J connectivity index is 1.49. The van der Waals surface area contributed by atoms with Crippen molar-refractivity contribution in [2.75, 3.05) is 19.6 Å². The molecule has 2 aromatic carbocycles. The van der Waals surface area contributed by atoms with Crippen molar-refractivity contribution in [1.82, 2.24) is 24.2 Å². The lowest BCUT2D eigenvalue weighted by Gasteiger charge is -2.42. The standard InChI is InChI=1S/C20H22N6O4S/c27-26(28)15-7-9-18(10-8-15)31(29,30)25-14-16-4-3-11-23(16)12-17(25)13-24-20-6-2-1-5-19(20)21-22-24/h1-2,5-10,16-17H,3-4,11-14H2. The number of rotatable bonds is 5. The summed E-state index contributed by atoms with van der Waals surface area (Å²) in [5.41, 5.74) is 1.49. The fourth-order valence-corrected chi connectivity index (χ4v) is 6.28. The van der Waals surface area contributed by atoms with Crippen LogP contribution in [0.25, 0.3) is 11.0 Å². The molecule has 5 rings (SSSR count). The third-order valence-electron chi connectivity index (χ3n) is 6.20. The van der Waals surface area contributed by atoms with Gasteiger partial charge in [-0.15, -0.1) is 5.10 Å². The highest BCUT2D eigenvalue weighted by Crippen LogP contribution is 2.30. The molecule has 0 N–H and O–H groups in total. The minimum atomic E-state index is -3.83. The third-order valence-corrected chi connectivity index (χ3v) is 8.13. The van der Waals surface area contributed by atoms with Crippen LogP contribution in [0.3, 0.4) is 0 Å². The zero-order chi connectivity index (χ0) is 21.6. The van der Waals surface area contributed by atoms with Crippen LogP contribution in [0.15, 0.2) is 53.4 Å². The highest BCUT2D eigenvalue weighted by molar-refractivity contribution is 7.89. The summed E-state index contributed by atoms with van der Waals surface area (Å²) in [5.74, 6) is 0. The molecule has 10 nitrogen and oxygen atoms in total. The molecule has 2 aliphatic heterocycles. The van der Waals surface area contributed by atoms with E-state index < -0.39 is 14.9 Å². The van der Waals surface area contributed by atoms with Crippen LogP contribution in [0.1, 0.15) is 12.8 Å². The third kappa shape index (κ3) is 3.58. The monoisotopic (exact) mass is 442 g/mol. The lowest BCUT2D eigenvalue weighted by Crippen LogP contribution is -2.58. The summed E-state index contributed by atoms with van der Waals surface area (Å²) in [6, 6.07) is 12.6. The number of para-hydroxylation sites is 1. The van der Waals surface area contributed by atoms with Crippen molar-refractivity contribution in [3.8, 4) is 0 Å². The molecule has 0 radical (unpaired) electrons. The number of benzene rings is 2. The van der Waals surface area contributed by atoms with Crippen molar-refractivity contribution in [1.29, 1.82) is 0 Å². The summed E-state index contributed by atoms with van der Waals surface area (Å²) < 4.78 is 30.4. The van der Waals surface area contributed by atoms with Gasteiger partial charge in [0, 0.05) is 31.3 Å². The SMILES string of the molecule is O=[N+]([O-])c1ccc(S(=O)(=O)N2CC3CCCN3CC2Cn2nnc3ccccc32)cc1. The first-order chi connectivity index (χ1) is 14.9. The fraction of sp³-hybridized carbons (Fsp3) is 0.400. The zero-order valence-corrected chi connectivity index (χ0v) is 17.6. The van der Waals surface area contributed by atoms with E-state index in [2.05, 4.69) is 15.2 Å². The number of hydrogen-bond donors (Lipinski definition) is 0. The summed E-state index contributed by atoms with van der Waals surface area (Å²) in [4.78, 5) is 12.8. The molecule has 0 spiro atoms. The molecule has 31 heavy (non-hydrogen) atoms. The Morgan fingerprint density at radius 3 is 2.65 bits per heavy atom. The van der Waals surface area contributed by atoms with Gasteiger partial charge < -0.3 is 0 Å². The number of sulfonamides is 1. The van der Waals surface area contributed by atoms with Gasteiger partial charge in [0.05, 0.1) is 27.9 Å². The van der Waals surface area contributed by atoms with Gasteiger partial charge in [-0.3, -0.25) is 15.0 Å². The van der Waals surface area contributed by atoms with E-state index >= 15 is 0 Å². The second-order valence-corrected chi connectivity index (χ2v) is 9.92. The van der Waals surface area contributed by atoms with Gasteiger partial charge in [0.15, 0.2) is 0 Å². The molecular weight excluding hydrogens is 420 g/mol. The molecule has 2 saturated heterocycles. The number of aromatic nitrogens is 3. The van der Waals surface area contributed by atoms with Crippen molar-refractivity contribution >= 4 is 26.7 Å². The van der Waals surface area contributed by atoms with E-state index in [4.69, 9.17) is 0 Å². The average molecular weight is 443 g/mol. The zero-order valence-electron chi connectivity index (χ0n) is 16.7. The molecule has 0 amide bonds. The lowest BCUT2D eigenvalue weighted by atomic mass is 10.1. The maximum atomic E-state index is 13.6. The summed E-state index contributed by atoms with van der Waals surface area (Å²) in [6.45, 7) is 2.36. The van der Waals surface area contributed by atoms with Crippen LogP contribution < -0.4 is 0 Å². The number of piperazine rings is 1. The first-order valence-electron chi connectivity index (χ1n) is 10.2. The molecule has 162 valence electrons.